The number of carbonyl (C=O) groups excluding carboxylic acids is 1. The Hall–Kier alpha value is -0.620. The Balaban J connectivity index is 2.03. The second kappa shape index (κ2) is 5.79. The van der Waals surface area contributed by atoms with Crippen molar-refractivity contribution in [1.29, 1.82) is 0 Å². The molecule has 2 aliphatic rings. The van der Waals surface area contributed by atoms with Gasteiger partial charge in [0.1, 0.15) is 15.4 Å². The molecule has 0 aromatic heterocycles. The van der Waals surface area contributed by atoms with Crippen LogP contribution in [0.4, 0.5) is 0 Å². The van der Waals surface area contributed by atoms with Crippen LogP contribution in [0.2, 0.25) is 0 Å². The van der Waals surface area contributed by atoms with Crippen LogP contribution in [0.1, 0.15) is 38.5 Å². The van der Waals surface area contributed by atoms with Gasteiger partial charge in [0, 0.05) is 0 Å². The normalized spacial score (nSPS) is 31.8. The standard InChI is InChI=1S/C13H23NO4S/c1-18-12(15)13(6-2-3-7-14-13)10-11-4-8-19(16,17)9-5-11/h11,14H,2-10H2,1H3. The quantitative estimate of drug-likeness (QED) is 0.781. The van der Waals surface area contributed by atoms with Crippen molar-refractivity contribution < 1.29 is 17.9 Å². The summed E-state index contributed by atoms with van der Waals surface area (Å²) in [5, 5.41) is 3.33. The third kappa shape index (κ3) is 3.48. The van der Waals surface area contributed by atoms with E-state index in [-0.39, 0.29) is 17.5 Å². The smallest absolute Gasteiger partial charge is 0.326 e. The molecular weight excluding hydrogens is 266 g/mol. The van der Waals surface area contributed by atoms with E-state index in [2.05, 4.69) is 5.32 Å². The first-order chi connectivity index (χ1) is 8.97. The summed E-state index contributed by atoms with van der Waals surface area (Å²) in [4.78, 5) is 12.1. The highest BCUT2D eigenvalue weighted by molar-refractivity contribution is 7.91. The molecule has 2 saturated heterocycles. The van der Waals surface area contributed by atoms with Crippen LogP contribution in [0.3, 0.4) is 0 Å². The van der Waals surface area contributed by atoms with Crippen molar-refractivity contribution in [3.63, 3.8) is 0 Å². The van der Waals surface area contributed by atoms with E-state index in [1.807, 2.05) is 0 Å². The highest BCUT2D eigenvalue weighted by atomic mass is 32.2. The molecule has 1 unspecified atom stereocenters. The first-order valence-electron chi connectivity index (χ1n) is 7.01. The van der Waals surface area contributed by atoms with Crippen molar-refractivity contribution in [3.05, 3.63) is 0 Å². The molecule has 0 amide bonds. The molecule has 2 aliphatic heterocycles. The molecule has 2 heterocycles. The van der Waals surface area contributed by atoms with Crippen molar-refractivity contribution in [3.8, 4) is 0 Å². The summed E-state index contributed by atoms with van der Waals surface area (Å²) in [6.45, 7) is 0.833. The predicted molar refractivity (Wildman–Crippen MR) is 72.6 cm³/mol. The van der Waals surface area contributed by atoms with Gasteiger partial charge >= 0.3 is 5.97 Å². The lowest BCUT2D eigenvalue weighted by Gasteiger charge is -2.39. The zero-order chi connectivity index (χ0) is 13.9. The Labute approximate surface area is 115 Å². The van der Waals surface area contributed by atoms with Gasteiger partial charge in [-0.1, -0.05) is 0 Å². The molecule has 5 nitrogen and oxygen atoms in total. The first-order valence-corrected chi connectivity index (χ1v) is 8.83. The molecule has 0 saturated carbocycles. The monoisotopic (exact) mass is 289 g/mol. The summed E-state index contributed by atoms with van der Waals surface area (Å²) in [6, 6.07) is 0. The zero-order valence-electron chi connectivity index (χ0n) is 11.5. The number of esters is 1. The van der Waals surface area contributed by atoms with Gasteiger partial charge in [0.15, 0.2) is 0 Å². The van der Waals surface area contributed by atoms with Crippen molar-refractivity contribution in [2.24, 2.45) is 5.92 Å². The molecule has 2 rings (SSSR count). The van der Waals surface area contributed by atoms with Crippen LogP contribution in [0.15, 0.2) is 0 Å². The molecule has 0 spiro atoms. The molecule has 2 fully saturated rings. The summed E-state index contributed by atoms with van der Waals surface area (Å²) < 4.78 is 27.9. The largest absolute Gasteiger partial charge is 0.468 e. The van der Waals surface area contributed by atoms with Gasteiger partial charge in [-0.15, -0.1) is 0 Å². The van der Waals surface area contributed by atoms with Crippen LogP contribution in [0.25, 0.3) is 0 Å². The third-order valence-electron chi connectivity index (χ3n) is 4.38. The maximum atomic E-state index is 12.1. The third-order valence-corrected chi connectivity index (χ3v) is 6.10. The number of sulfone groups is 1. The van der Waals surface area contributed by atoms with Gasteiger partial charge < -0.3 is 10.1 Å². The van der Waals surface area contributed by atoms with Gasteiger partial charge in [0.2, 0.25) is 0 Å². The SMILES string of the molecule is COC(=O)C1(CC2CCS(=O)(=O)CC2)CCCCN1. The fourth-order valence-electron chi connectivity index (χ4n) is 3.23. The Kier molecular flexibility index (Phi) is 4.50. The fourth-order valence-corrected chi connectivity index (χ4v) is 4.82. The topological polar surface area (TPSA) is 72.5 Å². The summed E-state index contributed by atoms with van der Waals surface area (Å²) >= 11 is 0. The summed E-state index contributed by atoms with van der Waals surface area (Å²) in [5.74, 6) is 0.623. The van der Waals surface area contributed by atoms with Gasteiger partial charge in [-0.2, -0.15) is 0 Å². The second-order valence-electron chi connectivity index (χ2n) is 5.76. The summed E-state index contributed by atoms with van der Waals surface area (Å²) in [7, 11) is -1.42. The van der Waals surface area contributed by atoms with E-state index in [1.54, 1.807) is 0 Å². The van der Waals surface area contributed by atoms with Gasteiger partial charge in [-0.05, 0) is 51.0 Å². The molecule has 0 bridgehead atoms. The minimum atomic E-state index is -2.84. The lowest BCUT2D eigenvalue weighted by atomic mass is 9.79. The van der Waals surface area contributed by atoms with Crippen LogP contribution in [-0.2, 0) is 19.4 Å². The molecule has 110 valence electrons. The molecule has 0 radical (unpaired) electrons. The zero-order valence-corrected chi connectivity index (χ0v) is 12.3. The van der Waals surface area contributed by atoms with E-state index < -0.39 is 15.4 Å². The lowest BCUT2D eigenvalue weighted by Crippen LogP contribution is -2.56. The highest BCUT2D eigenvalue weighted by Crippen LogP contribution is 2.33. The van der Waals surface area contributed by atoms with E-state index in [0.29, 0.717) is 25.2 Å². The van der Waals surface area contributed by atoms with Crippen LogP contribution >= 0.6 is 0 Å². The van der Waals surface area contributed by atoms with Gasteiger partial charge in [-0.3, -0.25) is 4.79 Å². The van der Waals surface area contributed by atoms with E-state index >= 15 is 0 Å². The molecule has 6 heteroatoms. The van der Waals surface area contributed by atoms with E-state index in [1.165, 1.54) is 7.11 Å². The number of piperidine rings is 1. The average molecular weight is 289 g/mol. The number of methoxy groups -OCH3 is 1. The van der Waals surface area contributed by atoms with Gasteiger partial charge in [0.05, 0.1) is 18.6 Å². The molecule has 1 atom stereocenters. The Bertz CT molecular complexity index is 412. The van der Waals surface area contributed by atoms with Crippen LogP contribution < -0.4 is 5.32 Å². The van der Waals surface area contributed by atoms with E-state index in [9.17, 15) is 13.2 Å². The maximum absolute atomic E-state index is 12.1. The predicted octanol–water partition coefficient (Wildman–Crippen LogP) is 0.887. The molecule has 19 heavy (non-hydrogen) atoms. The molecule has 0 aromatic carbocycles. The van der Waals surface area contributed by atoms with Gasteiger partial charge in [-0.25, -0.2) is 8.42 Å². The van der Waals surface area contributed by atoms with Crippen molar-refractivity contribution in [2.75, 3.05) is 25.2 Å². The summed E-state index contributed by atoms with van der Waals surface area (Å²) in [6.07, 6.45) is 4.94. The Morgan fingerprint density at radius 1 is 1.32 bits per heavy atom. The minimum absolute atomic E-state index is 0.194. The number of hydrogen-bond acceptors (Lipinski definition) is 5. The minimum Gasteiger partial charge on any atom is -0.468 e. The Morgan fingerprint density at radius 2 is 2.00 bits per heavy atom. The number of ether oxygens (including phenoxy) is 1. The van der Waals surface area contributed by atoms with Gasteiger partial charge in [0.25, 0.3) is 0 Å². The highest BCUT2D eigenvalue weighted by Gasteiger charge is 2.43. The number of nitrogens with one attached hydrogen (secondary N) is 1. The average Bonchev–Trinajstić information content (AvgIpc) is 2.41. The van der Waals surface area contributed by atoms with Crippen molar-refractivity contribution in [2.45, 2.75) is 44.1 Å². The van der Waals surface area contributed by atoms with Crippen LogP contribution in [-0.4, -0.2) is 45.1 Å². The lowest BCUT2D eigenvalue weighted by molar-refractivity contribution is -0.150. The second-order valence-corrected chi connectivity index (χ2v) is 8.06. The number of hydrogen-bond donors (Lipinski definition) is 1. The molecule has 1 N–H and O–H groups in total. The van der Waals surface area contributed by atoms with Crippen LogP contribution in [0, 0.1) is 5.92 Å². The van der Waals surface area contributed by atoms with E-state index in [4.69, 9.17) is 4.74 Å². The number of carbonyl (C=O) groups is 1. The summed E-state index contributed by atoms with van der Waals surface area (Å²) in [5.41, 5.74) is -0.585. The van der Waals surface area contributed by atoms with Crippen molar-refractivity contribution in [1.82, 2.24) is 5.32 Å². The number of rotatable bonds is 3. The fraction of sp³-hybridized carbons (Fsp3) is 0.923. The van der Waals surface area contributed by atoms with Crippen LogP contribution in [0.5, 0.6) is 0 Å². The maximum Gasteiger partial charge on any atom is 0.326 e. The van der Waals surface area contributed by atoms with E-state index in [0.717, 1.165) is 25.8 Å². The molecule has 0 aliphatic carbocycles. The molecule has 0 aromatic rings. The molecular formula is C13H23NO4S. The first kappa shape index (κ1) is 14.8. The van der Waals surface area contributed by atoms with Crippen molar-refractivity contribution >= 4 is 15.8 Å². The Morgan fingerprint density at radius 3 is 2.53 bits per heavy atom.